The van der Waals surface area contributed by atoms with E-state index in [0.29, 0.717) is 6.54 Å². The number of nitrogens with one attached hydrogen (secondary N) is 1. The smallest absolute Gasteiger partial charge is 0.206 e. The molecule has 8 heteroatoms. The summed E-state index contributed by atoms with van der Waals surface area (Å²) in [6.07, 6.45) is 0. The van der Waals surface area contributed by atoms with E-state index in [4.69, 9.17) is 0 Å². The zero-order valence-corrected chi connectivity index (χ0v) is 14.2. The minimum atomic E-state index is -0.226. The Balaban J connectivity index is 1.51. The zero-order chi connectivity index (χ0) is 15.4. The Morgan fingerprint density at radius 3 is 2.77 bits per heavy atom. The molecule has 0 spiro atoms. The molecule has 0 fully saturated rings. The fourth-order valence-electron chi connectivity index (χ4n) is 1.73. The predicted octanol–water partition coefficient (Wildman–Crippen LogP) is 4.35. The van der Waals surface area contributed by atoms with Crippen molar-refractivity contribution >= 4 is 39.6 Å². The number of hydrogen-bond donors (Lipinski definition) is 1. The summed E-state index contributed by atoms with van der Waals surface area (Å²) in [7, 11) is 0. The molecule has 0 radical (unpaired) electrons. The van der Waals surface area contributed by atoms with Crippen LogP contribution in [0.2, 0.25) is 0 Å². The molecule has 0 aliphatic carbocycles. The van der Waals surface area contributed by atoms with Crippen molar-refractivity contribution in [2.45, 2.75) is 23.6 Å². The van der Waals surface area contributed by atoms with E-state index in [1.54, 1.807) is 35.2 Å². The third-order valence-corrected chi connectivity index (χ3v) is 5.64. The molecule has 3 aromatic rings. The maximum atomic E-state index is 12.8. The summed E-state index contributed by atoms with van der Waals surface area (Å²) in [5, 5.41) is 15.4. The molecule has 0 aliphatic rings. The van der Waals surface area contributed by atoms with Crippen molar-refractivity contribution in [3.8, 4) is 0 Å². The summed E-state index contributed by atoms with van der Waals surface area (Å²) in [6.45, 7) is 2.60. The maximum absolute atomic E-state index is 12.8. The lowest BCUT2D eigenvalue weighted by molar-refractivity contribution is 0.627. The summed E-state index contributed by atoms with van der Waals surface area (Å²) in [4.78, 5) is 4.42. The van der Waals surface area contributed by atoms with E-state index in [0.717, 1.165) is 31.5 Å². The summed E-state index contributed by atoms with van der Waals surface area (Å²) in [5.74, 6) is 0.576. The molecule has 0 unspecified atom stereocenters. The number of aromatic nitrogens is 3. The second-order valence-electron chi connectivity index (χ2n) is 4.50. The standard InChI is InChI=1S/C14H13FN4S3/c1-9-17-12(7-20-9)8-21-14-19-18-13(22-14)16-6-10-2-4-11(15)5-3-10/h2-5,7H,6,8H2,1H3,(H,16,18). The Morgan fingerprint density at radius 1 is 1.23 bits per heavy atom. The minimum absolute atomic E-state index is 0.226. The van der Waals surface area contributed by atoms with E-state index in [2.05, 4.69) is 25.9 Å². The molecule has 0 saturated heterocycles. The van der Waals surface area contributed by atoms with Gasteiger partial charge in [-0.25, -0.2) is 9.37 Å². The zero-order valence-electron chi connectivity index (χ0n) is 11.7. The highest BCUT2D eigenvalue weighted by Gasteiger charge is 2.06. The fraction of sp³-hybridized carbons (Fsp3) is 0.214. The van der Waals surface area contributed by atoms with Crippen molar-refractivity contribution < 1.29 is 4.39 Å². The molecule has 1 N–H and O–H groups in total. The van der Waals surface area contributed by atoms with Crippen LogP contribution >= 0.6 is 34.4 Å². The molecule has 3 rings (SSSR count). The van der Waals surface area contributed by atoms with E-state index < -0.39 is 0 Å². The van der Waals surface area contributed by atoms with Gasteiger partial charge in [-0.3, -0.25) is 0 Å². The Labute approximate surface area is 139 Å². The quantitative estimate of drug-likeness (QED) is 0.669. The molecule has 0 saturated carbocycles. The van der Waals surface area contributed by atoms with Gasteiger partial charge in [-0.05, 0) is 24.6 Å². The summed E-state index contributed by atoms with van der Waals surface area (Å²) in [6, 6.07) is 6.41. The van der Waals surface area contributed by atoms with Gasteiger partial charge in [0.05, 0.1) is 10.7 Å². The molecular formula is C14H13FN4S3. The van der Waals surface area contributed by atoms with Crippen molar-refractivity contribution in [3.05, 3.63) is 51.7 Å². The molecule has 22 heavy (non-hydrogen) atoms. The Hall–Kier alpha value is -1.51. The van der Waals surface area contributed by atoms with Crippen LogP contribution in [-0.2, 0) is 12.3 Å². The van der Waals surface area contributed by atoms with Crippen molar-refractivity contribution in [2.24, 2.45) is 0 Å². The lowest BCUT2D eigenvalue weighted by Gasteiger charge is -2.01. The van der Waals surface area contributed by atoms with Crippen LogP contribution < -0.4 is 5.32 Å². The van der Waals surface area contributed by atoms with Crippen LogP contribution in [-0.4, -0.2) is 15.2 Å². The number of thioether (sulfide) groups is 1. The normalized spacial score (nSPS) is 10.8. The van der Waals surface area contributed by atoms with Crippen LogP contribution in [0.1, 0.15) is 16.3 Å². The number of halogens is 1. The van der Waals surface area contributed by atoms with Gasteiger partial charge in [-0.1, -0.05) is 35.2 Å². The molecular weight excluding hydrogens is 339 g/mol. The minimum Gasteiger partial charge on any atom is -0.356 e. The van der Waals surface area contributed by atoms with E-state index in [9.17, 15) is 4.39 Å². The van der Waals surface area contributed by atoms with Crippen LogP contribution in [0.4, 0.5) is 9.52 Å². The first-order valence-corrected chi connectivity index (χ1v) is 9.23. The monoisotopic (exact) mass is 352 g/mol. The lowest BCUT2D eigenvalue weighted by atomic mass is 10.2. The molecule has 1 aromatic carbocycles. The average molecular weight is 352 g/mol. The molecule has 0 atom stereocenters. The van der Waals surface area contributed by atoms with Gasteiger partial charge in [-0.15, -0.1) is 21.5 Å². The van der Waals surface area contributed by atoms with Gasteiger partial charge >= 0.3 is 0 Å². The van der Waals surface area contributed by atoms with Gasteiger partial charge < -0.3 is 5.32 Å². The van der Waals surface area contributed by atoms with E-state index in [-0.39, 0.29) is 5.82 Å². The number of rotatable bonds is 6. The molecule has 0 amide bonds. The summed E-state index contributed by atoms with van der Waals surface area (Å²) < 4.78 is 13.7. The van der Waals surface area contributed by atoms with E-state index in [1.807, 2.05) is 6.92 Å². The molecule has 114 valence electrons. The van der Waals surface area contributed by atoms with Gasteiger partial charge in [0.1, 0.15) is 5.82 Å². The lowest BCUT2D eigenvalue weighted by Crippen LogP contribution is -1.98. The first-order chi connectivity index (χ1) is 10.7. The number of thiazole rings is 1. The molecule has 4 nitrogen and oxygen atoms in total. The largest absolute Gasteiger partial charge is 0.356 e. The second kappa shape index (κ2) is 7.17. The van der Waals surface area contributed by atoms with Crippen LogP contribution in [0.5, 0.6) is 0 Å². The van der Waals surface area contributed by atoms with Crippen LogP contribution in [0, 0.1) is 12.7 Å². The third kappa shape index (κ3) is 4.25. The highest BCUT2D eigenvalue weighted by atomic mass is 32.2. The highest BCUT2D eigenvalue weighted by Crippen LogP contribution is 2.28. The van der Waals surface area contributed by atoms with Gasteiger partial charge in [0.15, 0.2) is 4.34 Å². The topological polar surface area (TPSA) is 50.7 Å². The SMILES string of the molecule is Cc1nc(CSc2nnc(NCc3ccc(F)cc3)s2)cs1. The average Bonchev–Trinajstić information content (AvgIpc) is 3.13. The summed E-state index contributed by atoms with van der Waals surface area (Å²) >= 11 is 4.80. The Morgan fingerprint density at radius 2 is 2.05 bits per heavy atom. The third-order valence-electron chi connectivity index (χ3n) is 2.77. The van der Waals surface area contributed by atoms with Crippen molar-refractivity contribution in [1.82, 2.24) is 15.2 Å². The maximum Gasteiger partial charge on any atom is 0.206 e. The number of benzene rings is 1. The van der Waals surface area contributed by atoms with Gasteiger partial charge in [0, 0.05) is 17.7 Å². The molecule has 0 bridgehead atoms. The first kappa shape index (κ1) is 15.4. The second-order valence-corrected chi connectivity index (χ2v) is 7.76. The van der Waals surface area contributed by atoms with Crippen LogP contribution in [0.25, 0.3) is 0 Å². The fourth-order valence-corrected chi connectivity index (χ4v) is 4.09. The number of anilines is 1. The Kier molecular flexibility index (Phi) is 5.01. The summed E-state index contributed by atoms with van der Waals surface area (Å²) in [5.41, 5.74) is 2.08. The van der Waals surface area contributed by atoms with Gasteiger partial charge in [0.2, 0.25) is 5.13 Å². The first-order valence-electron chi connectivity index (χ1n) is 6.54. The Bertz CT molecular complexity index is 739. The molecule has 2 heterocycles. The van der Waals surface area contributed by atoms with E-state index >= 15 is 0 Å². The molecule has 0 aliphatic heterocycles. The van der Waals surface area contributed by atoms with Crippen molar-refractivity contribution in [2.75, 3.05) is 5.32 Å². The van der Waals surface area contributed by atoms with Gasteiger partial charge in [-0.2, -0.15) is 0 Å². The van der Waals surface area contributed by atoms with Crippen LogP contribution in [0.15, 0.2) is 34.0 Å². The predicted molar refractivity (Wildman–Crippen MR) is 90.0 cm³/mol. The number of aryl methyl sites for hydroxylation is 1. The van der Waals surface area contributed by atoms with E-state index in [1.165, 1.54) is 23.5 Å². The number of hydrogen-bond acceptors (Lipinski definition) is 7. The highest BCUT2D eigenvalue weighted by molar-refractivity contribution is 8.00. The molecule has 2 aromatic heterocycles. The van der Waals surface area contributed by atoms with Crippen LogP contribution in [0.3, 0.4) is 0 Å². The number of nitrogens with zero attached hydrogens (tertiary/aromatic N) is 3. The van der Waals surface area contributed by atoms with Crippen molar-refractivity contribution in [1.29, 1.82) is 0 Å². The van der Waals surface area contributed by atoms with Gasteiger partial charge in [0.25, 0.3) is 0 Å². The van der Waals surface area contributed by atoms with Crippen molar-refractivity contribution in [3.63, 3.8) is 0 Å².